The quantitative estimate of drug-likeness (QED) is 0.771. The largest absolute Gasteiger partial charge is 0.322 e. The van der Waals surface area contributed by atoms with Crippen LogP contribution in [0.15, 0.2) is 47.4 Å². The number of nitrogens with one attached hydrogen (secondary N) is 2. The summed E-state index contributed by atoms with van der Waals surface area (Å²) in [6.45, 7) is 5.59. The normalized spacial score (nSPS) is 12.6. The number of amides is 1. The van der Waals surface area contributed by atoms with Crippen molar-refractivity contribution in [3.8, 4) is 0 Å². The second kappa shape index (κ2) is 8.42. The van der Waals surface area contributed by atoms with E-state index in [1.54, 1.807) is 19.1 Å². The maximum atomic E-state index is 14.1. The fraction of sp³-hybridized carbons (Fsp3) is 0.316. The Balaban J connectivity index is 2.26. The predicted octanol–water partition coefficient (Wildman–Crippen LogP) is 3.72. The first-order valence-corrected chi connectivity index (χ1v) is 9.97. The van der Waals surface area contributed by atoms with E-state index in [0.29, 0.717) is 12.1 Å². The lowest BCUT2D eigenvalue weighted by Crippen LogP contribution is -2.32. The van der Waals surface area contributed by atoms with Gasteiger partial charge < -0.3 is 5.32 Å². The maximum absolute atomic E-state index is 14.1. The first kappa shape index (κ1) is 20.1. The number of halogens is 1. The summed E-state index contributed by atoms with van der Waals surface area (Å²) in [6, 6.07) is 10.1. The first-order chi connectivity index (χ1) is 12.3. The molecule has 0 aliphatic heterocycles. The number of carbonyl (C=O) groups is 1. The summed E-state index contributed by atoms with van der Waals surface area (Å²) in [6.07, 6.45) is 1.48. The van der Waals surface area contributed by atoms with E-state index in [0.717, 1.165) is 30.2 Å². The fourth-order valence-electron chi connectivity index (χ4n) is 2.28. The third kappa shape index (κ3) is 4.89. The summed E-state index contributed by atoms with van der Waals surface area (Å²) in [5, 5.41) is 2.59. The number of aryl methyl sites for hydroxylation is 1. The first-order valence-electron chi connectivity index (χ1n) is 8.49. The summed E-state index contributed by atoms with van der Waals surface area (Å²) in [4.78, 5) is 12.2. The predicted molar refractivity (Wildman–Crippen MR) is 100 cm³/mol. The van der Waals surface area contributed by atoms with E-state index >= 15 is 0 Å². The van der Waals surface area contributed by atoms with Crippen LogP contribution >= 0.6 is 0 Å². The third-order valence-corrected chi connectivity index (χ3v) is 5.67. The molecule has 0 aliphatic carbocycles. The molecule has 0 spiro atoms. The van der Waals surface area contributed by atoms with Crippen molar-refractivity contribution in [2.75, 3.05) is 5.32 Å². The number of carbonyl (C=O) groups excluding carboxylic acids is 1. The van der Waals surface area contributed by atoms with Crippen molar-refractivity contribution in [1.29, 1.82) is 0 Å². The van der Waals surface area contributed by atoms with E-state index in [9.17, 15) is 17.6 Å². The molecule has 0 saturated heterocycles. The fourth-order valence-corrected chi connectivity index (χ4v) is 3.64. The molecule has 5 nitrogen and oxygen atoms in total. The van der Waals surface area contributed by atoms with E-state index in [4.69, 9.17) is 0 Å². The molecule has 2 aromatic rings. The molecule has 2 N–H and O–H groups in total. The van der Waals surface area contributed by atoms with Crippen LogP contribution in [0.4, 0.5) is 10.1 Å². The third-order valence-electron chi connectivity index (χ3n) is 4.08. The number of sulfonamides is 1. The zero-order valence-corrected chi connectivity index (χ0v) is 15.9. The highest BCUT2D eigenvalue weighted by Crippen LogP contribution is 2.18. The van der Waals surface area contributed by atoms with Gasteiger partial charge in [-0.15, -0.1) is 0 Å². The van der Waals surface area contributed by atoms with Gasteiger partial charge in [-0.05, 0) is 55.7 Å². The monoisotopic (exact) mass is 378 g/mol. The smallest absolute Gasteiger partial charge is 0.258 e. The van der Waals surface area contributed by atoms with Crippen LogP contribution in [0.2, 0.25) is 0 Å². The lowest BCUT2D eigenvalue weighted by atomic mass is 10.1. The number of benzene rings is 2. The maximum Gasteiger partial charge on any atom is 0.258 e. The summed E-state index contributed by atoms with van der Waals surface area (Å²) >= 11 is 0. The van der Waals surface area contributed by atoms with Crippen molar-refractivity contribution < 1.29 is 17.6 Å². The highest BCUT2D eigenvalue weighted by molar-refractivity contribution is 7.89. The van der Waals surface area contributed by atoms with Crippen LogP contribution in [0.25, 0.3) is 0 Å². The highest BCUT2D eigenvalue weighted by atomic mass is 32.2. The molecule has 0 radical (unpaired) electrons. The Morgan fingerprint density at radius 2 is 1.77 bits per heavy atom. The highest BCUT2D eigenvalue weighted by Gasteiger charge is 2.21. The molecule has 1 atom stereocenters. The minimum atomic E-state index is -3.82. The molecule has 2 rings (SSSR count). The Morgan fingerprint density at radius 1 is 1.12 bits per heavy atom. The van der Waals surface area contributed by atoms with Crippen LogP contribution in [0, 0.1) is 5.82 Å². The van der Waals surface area contributed by atoms with Crippen LogP contribution in [0.3, 0.4) is 0 Å². The number of anilines is 1. The summed E-state index contributed by atoms with van der Waals surface area (Å²) in [5.74, 6) is -1.48. The van der Waals surface area contributed by atoms with E-state index in [-0.39, 0.29) is 16.5 Å². The Morgan fingerprint density at radius 3 is 2.35 bits per heavy atom. The van der Waals surface area contributed by atoms with Crippen molar-refractivity contribution >= 4 is 21.6 Å². The molecule has 0 unspecified atom stereocenters. The van der Waals surface area contributed by atoms with Gasteiger partial charge in [0.1, 0.15) is 5.82 Å². The molecule has 0 aromatic heterocycles. The molecule has 0 fully saturated rings. The summed E-state index contributed by atoms with van der Waals surface area (Å²) in [7, 11) is -3.82. The van der Waals surface area contributed by atoms with Crippen molar-refractivity contribution in [1.82, 2.24) is 4.72 Å². The SMILES string of the molecule is CCc1ccc(NC(=O)c2cc(S(=O)(=O)N[C@H](C)CC)ccc2F)cc1. The van der Waals surface area contributed by atoms with Gasteiger partial charge in [-0.25, -0.2) is 17.5 Å². The Labute approximate surface area is 153 Å². The molecule has 0 aliphatic rings. The molecule has 26 heavy (non-hydrogen) atoms. The average Bonchev–Trinajstić information content (AvgIpc) is 2.62. The van der Waals surface area contributed by atoms with Gasteiger partial charge in [0.2, 0.25) is 10.0 Å². The van der Waals surface area contributed by atoms with Gasteiger partial charge in [0.05, 0.1) is 10.5 Å². The molecule has 140 valence electrons. The number of hydrogen-bond acceptors (Lipinski definition) is 3. The Hall–Kier alpha value is -2.25. The Kier molecular flexibility index (Phi) is 6.50. The van der Waals surface area contributed by atoms with Crippen LogP contribution in [0.1, 0.15) is 43.1 Å². The second-order valence-electron chi connectivity index (χ2n) is 6.08. The van der Waals surface area contributed by atoms with Crippen LogP contribution in [-0.2, 0) is 16.4 Å². The zero-order chi connectivity index (χ0) is 19.3. The molecule has 7 heteroatoms. The standard InChI is InChI=1S/C19H23FN2O3S/c1-4-13(3)22-26(24,25)16-10-11-18(20)17(12-16)19(23)21-15-8-6-14(5-2)7-9-15/h6-13,22H,4-5H2,1-3H3,(H,21,23)/t13-/m1/s1. The zero-order valence-electron chi connectivity index (χ0n) is 15.0. The van der Waals surface area contributed by atoms with Gasteiger partial charge in [-0.3, -0.25) is 4.79 Å². The van der Waals surface area contributed by atoms with E-state index < -0.39 is 21.7 Å². The van der Waals surface area contributed by atoms with Crippen molar-refractivity contribution in [2.24, 2.45) is 0 Å². The molecule has 0 heterocycles. The van der Waals surface area contributed by atoms with E-state index in [2.05, 4.69) is 10.0 Å². The summed E-state index contributed by atoms with van der Waals surface area (Å²) in [5.41, 5.74) is 1.30. The van der Waals surface area contributed by atoms with Crippen LogP contribution in [0.5, 0.6) is 0 Å². The average molecular weight is 378 g/mol. The van der Waals surface area contributed by atoms with Crippen molar-refractivity contribution in [3.63, 3.8) is 0 Å². The molecule has 0 bridgehead atoms. The molecular weight excluding hydrogens is 355 g/mol. The van der Waals surface area contributed by atoms with Gasteiger partial charge >= 0.3 is 0 Å². The minimum Gasteiger partial charge on any atom is -0.322 e. The van der Waals surface area contributed by atoms with E-state index in [1.165, 1.54) is 0 Å². The van der Waals surface area contributed by atoms with Crippen molar-refractivity contribution in [3.05, 3.63) is 59.4 Å². The van der Waals surface area contributed by atoms with Crippen molar-refractivity contribution in [2.45, 2.75) is 44.6 Å². The van der Waals surface area contributed by atoms with Gasteiger partial charge in [0.15, 0.2) is 0 Å². The van der Waals surface area contributed by atoms with Crippen LogP contribution < -0.4 is 10.0 Å². The molecular formula is C19H23FN2O3S. The van der Waals surface area contributed by atoms with Crippen LogP contribution in [-0.4, -0.2) is 20.4 Å². The molecule has 2 aromatic carbocycles. The number of rotatable bonds is 7. The topological polar surface area (TPSA) is 75.3 Å². The minimum absolute atomic E-state index is 0.148. The number of hydrogen-bond donors (Lipinski definition) is 2. The lowest BCUT2D eigenvalue weighted by molar-refractivity contribution is 0.102. The summed E-state index contributed by atoms with van der Waals surface area (Å²) < 4.78 is 41.3. The van der Waals surface area contributed by atoms with Gasteiger partial charge in [-0.2, -0.15) is 0 Å². The Bertz CT molecular complexity index is 880. The molecule has 1 amide bonds. The molecule has 0 saturated carbocycles. The van der Waals surface area contributed by atoms with E-state index in [1.807, 2.05) is 26.0 Å². The lowest BCUT2D eigenvalue weighted by Gasteiger charge is -2.13. The van der Waals surface area contributed by atoms with Gasteiger partial charge in [0, 0.05) is 11.7 Å². The second-order valence-corrected chi connectivity index (χ2v) is 7.79. The van der Waals surface area contributed by atoms with Gasteiger partial charge in [0.25, 0.3) is 5.91 Å². The van der Waals surface area contributed by atoms with Gasteiger partial charge in [-0.1, -0.05) is 26.0 Å².